The predicted molar refractivity (Wildman–Crippen MR) is 121 cm³/mol. The number of unbranched alkanes of at least 4 members (excludes halogenated alkanes) is 1. The molecular formula is C23H24BrN3O. The molecule has 4 aromatic rings. The molecule has 4 rings (SSSR count). The van der Waals surface area contributed by atoms with Crippen LogP contribution in [0.2, 0.25) is 0 Å². The van der Waals surface area contributed by atoms with E-state index in [1.807, 2.05) is 24.3 Å². The summed E-state index contributed by atoms with van der Waals surface area (Å²) in [5.74, 6) is 0. The van der Waals surface area contributed by atoms with Gasteiger partial charge < -0.3 is 14.9 Å². The van der Waals surface area contributed by atoms with Gasteiger partial charge >= 0.3 is 0 Å². The third-order valence-electron chi connectivity index (χ3n) is 5.10. The maximum Gasteiger partial charge on any atom is 0.257 e. The number of nitrogens with zero attached hydrogens (tertiary/aromatic N) is 1. The van der Waals surface area contributed by atoms with E-state index in [2.05, 4.69) is 69.2 Å². The summed E-state index contributed by atoms with van der Waals surface area (Å²) in [6.07, 6.45) is 3.46. The summed E-state index contributed by atoms with van der Waals surface area (Å²) < 4.78 is 0.994. The van der Waals surface area contributed by atoms with Crippen LogP contribution in [0.5, 0.6) is 0 Å². The van der Waals surface area contributed by atoms with Gasteiger partial charge in [0, 0.05) is 26.3 Å². The lowest BCUT2D eigenvalue weighted by molar-refractivity contribution is 0.394. The lowest BCUT2D eigenvalue weighted by Gasteiger charge is -2.08. The minimum Gasteiger partial charge on any atom is -0.354 e. The predicted octanol–water partition coefficient (Wildman–Crippen LogP) is 5.32. The SMILES string of the molecule is CN(C)CCCCc1ccc2[nH]c(-c3cc4cc(Br)ccc4[nH]c3=O)cc2c1. The molecule has 0 saturated heterocycles. The normalized spacial score (nSPS) is 11.7. The Balaban J connectivity index is 1.63. The molecule has 0 aliphatic rings. The van der Waals surface area contributed by atoms with E-state index in [0.29, 0.717) is 5.56 Å². The summed E-state index contributed by atoms with van der Waals surface area (Å²) in [5.41, 5.74) is 4.67. The first-order valence-electron chi connectivity index (χ1n) is 9.59. The number of aryl methyl sites for hydroxylation is 1. The molecular weight excluding hydrogens is 414 g/mol. The van der Waals surface area contributed by atoms with Gasteiger partial charge in [0.25, 0.3) is 5.56 Å². The molecule has 2 aromatic heterocycles. The first kappa shape index (κ1) is 19.0. The fourth-order valence-corrected chi connectivity index (χ4v) is 4.00. The van der Waals surface area contributed by atoms with Gasteiger partial charge in [0.15, 0.2) is 0 Å². The van der Waals surface area contributed by atoms with Crippen molar-refractivity contribution < 1.29 is 0 Å². The molecule has 2 aromatic carbocycles. The Bertz CT molecular complexity index is 1190. The number of rotatable bonds is 6. The van der Waals surface area contributed by atoms with Crippen LogP contribution in [0, 0.1) is 0 Å². The van der Waals surface area contributed by atoms with Crippen molar-refractivity contribution in [1.29, 1.82) is 0 Å². The number of pyridine rings is 1. The van der Waals surface area contributed by atoms with E-state index in [1.165, 1.54) is 18.4 Å². The Morgan fingerprint density at radius 3 is 2.46 bits per heavy atom. The van der Waals surface area contributed by atoms with Gasteiger partial charge in [-0.3, -0.25) is 4.79 Å². The Hall–Kier alpha value is -2.37. The fourth-order valence-electron chi connectivity index (χ4n) is 3.62. The Morgan fingerprint density at radius 2 is 1.64 bits per heavy atom. The van der Waals surface area contributed by atoms with Gasteiger partial charge in [0.2, 0.25) is 0 Å². The van der Waals surface area contributed by atoms with E-state index >= 15 is 0 Å². The lowest BCUT2D eigenvalue weighted by atomic mass is 10.1. The molecule has 0 amide bonds. The number of fused-ring (bicyclic) bond motifs is 2. The van der Waals surface area contributed by atoms with Gasteiger partial charge in [0.05, 0.1) is 11.3 Å². The van der Waals surface area contributed by atoms with Crippen molar-refractivity contribution in [3.05, 3.63) is 68.9 Å². The van der Waals surface area contributed by atoms with Crippen LogP contribution in [-0.4, -0.2) is 35.5 Å². The smallest absolute Gasteiger partial charge is 0.257 e. The quantitative estimate of drug-likeness (QED) is 0.400. The average Bonchev–Trinajstić information content (AvgIpc) is 3.08. The van der Waals surface area contributed by atoms with Gasteiger partial charge in [-0.15, -0.1) is 0 Å². The van der Waals surface area contributed by atoms with Crippen LogP contribution in [0.25, 0.3) is 33.1 Å². The van der Waals surface area contributed by atoms with Crippen LogP contribution < -0.4 is 5.56 Å². The van der Waals surface area contributed by atoms with Gasteiger partial charge in [-0.25, -0.2) is 0 Å². The third-order valence-corrected chi connectivity index (χ3v) is 5.60. The van der Waals surface area contributed by atoms with Gasteiger partial charge in [-0.1, -0.05) is 22.0 Å². The molecule has 0 radical (unpaired) electrons. The zero-order chi connectivity index (χ0) is 19.7. The zero-order valence-electron chi connectivity index (χ0n) is 16.2. The molecule has 2 N–H and O–H groups in total. The summed E-state index contributed by atoms with van der Waals surface area (Å²) in [6.45, 7) is 1.12. The molecule has 0 aliphatic heterocycles. The molecule has 5 heteroatoms. The number of halogens is 1. The molecule has 0 fully saturated rings. The highest BCUT2D eigenvalue weighted by atomic mass is 79.9. The molecule has 0 saturated carbocycles. The zero-order valence-corrected chi connectivity index (χ0v) is 17.8. The van der Waals surface area contributed by atoms with E-state index in [1.54, 1.807) is 0 Å². The number of hydrogen-bond donors (Lipinski definition) is 2. The number of aromatic nitrogens is 2. The highest BCUT2D eigenvalue weighted by Gasteiger charge is 2.10. The summed E-state index contributed by atoms with van der Waals surface area (Å²) in [5, 5.41) is 2.15. The van der Waals surface area contributed by atoms with E-state index in [-0.39, 0.29) is 5.56 Å². The Morgan fingerprint density at radius 1 is 0.893 bits per heavy atom. The average molecular weight is 438 g/mol. The fraction of sp³-hybridized carbons (Fsp3) is 0.261. The summed E-state index contributed by atoms with van der Waals surface area (Å²) in [6, 6.07) is 16.4. The summed E-state index contributed by atoms with van der Waals surface area (Å²) >= 11 is 3.50. The van der Waals surface area contributed by atoms with E-state index in [9.17, 15) is 4.79 Å². The minimum atomic E-state index is -0.0784. The summed E-state index contributed by atoms with van der Waals surface area (Å²) in [7, 11) is 4.22. The molecule has 0 atom stereocenters. The third kappa shape index (κ3) is 4.05. The number of hydrogen-bond acceptors (Lipinski definition) is 2. The number of H-pyrrole nitrogens is 2. The summed E-state index contributed by atoms with van der Waals surface area (Å²) in [4.78, 5) is 21.2. The topological polar surface area (TPSA) is 51.9 Å². The highest BCUT2D eigenvalue weighted by Crippen LogP contribution is 2.26. The minimum absolute atomic E-state index is 0.0784. The Labute approximate surface area is 172 Å². The van der Waals surface area contributed by atoms with Crippen LogP contribution in [0.15, 0.2) is 57.8 Å². The second-order valence-corrected chi connectivity index (χ2v) is 8.52. The molecule has 0 spiro atoms. The largest absolute Gasteiger partial charge is 0.354 e. The maximum absolute atomic E-state index is 12.6. The monoisotopic (exact) mass is 437 g/mol. The van der Waals surface area contributed by atoms with Crippen molar-refractivity contribution in [3.63, 3.8) is 0 Å². The van der Waals surface area contributed by atoms with Crippen LogP contribution in [-0.2, 0) is 6.42 Å². The lowest BCUT2D eigenvalue weighted by Crippen LogP contribution is -2.12. The van der Waals surface area contributed by atoms with Crippen molar-refractivity contribution in [2.45, 2.75) is 19.3 Å². The second-order valence-electron chi connectivity index (χ2n) is 7.61. The van der Waals surface area contributed by atoms with Crippen molar-refractivity contribution in [3.8, 4) is 11.3 Å². The van der Waals surface area contributed by atoms with Crippen molar-refractivity contribution in [1.82, 2.24) is 14.9 Å². The van der Waals surface area contributed by atoms with E-state index in [4.69, 9.17) is 0 Å². The number of benzene rings is 2. The molecule has 0 unspecified atom stereocenters. The number of nitrogens with one attached hydrogen (secondary N) is 2. The van der Waals surface area contributed by atoms with Gasteiger partial charge in [-0.05, 0) is 87.9 Å². The molecule has 144 valence electrons. The standard InChI is InChI=1S/C23H24BrN3O/c1-27(2)10-4-3-5-15-6-8-20-16(11-15)14-22(25-20)19-13-17-12-18(24)7-9-21(17)26-23(19)28/h6-9,11-14,25H,3-5,10H2,1-2H3,(H,26,28). The van der Waals surface area contributed by atoms with Crippen LogP contribution in [0.3, 0.4) is 0 Å². The van der Waals surface area contributed by atoms with Crippen molar-refractivity contribution in [2.24, 2.45) is 0 Å². The molecule has 0 aliphatic carbocycles. The van der Waals surface area contributed by atoms with Gasteiger partial charge in [0.1, 0.15) is 0 Å². The molecule has 2 heterocycles. The molecule has 4 nitrogen and oxygen atoms in total. The molecule has 28 heavy (non-hydrogen) atoms. The maximum atomic E-state index is 12.6. The van der Waals surface area contributed by atoms with Crippen LogP contribution in [0.4, 0.5) is 0 Å². The van der Waals surface area contributed by atoms with Crippen LogP contribution in [0.1, 0.15) is 18.4 Å². The number of aromatic amines is 2. The van der Waals surface area contributed by atoms with Gasteiger partial charge in [-0.2, -0.15) is 0 Å². The first-order chi connectivity index (χ1) is 13.5. The van der Waals surface area contributed by atoms with Crippen molar-refractivity contribution >= 4 is 37.7 Å². The first-order valence-corrected chi connectivity index (χ1v) is 10.4. The van der Waals surface area contributed by atoms with Crippen molar-refractivity contribution in [2.75, 3.05) is 20.6 Å². The van der Waals surface area contributed by atoms with E-state index in [0.717, 1.165) is 44.9 Å². The molecule has 0 bridgehead atoms. The van der Waals surface area contributed by atoms with Crippen LogP contribution >= 0.6 is 15.9 Å². The second kappa shape index (κ2) is 7.94. The Kier molecular flexibility index (Phi) is 5.38. The van der Waals surface area contributed by atoms with E-state index < -0.39 is 0 Å². The highest BCUT2D eigenvalue weighted by molar-refractivity contribution is 9.10.